The number of rotatable bonds is 6. The Bertz CT molecular complexity index is 589. The second kappa shape index (κ2) is 8.10. The summed E-state index contributed by atoms with van der Waals surface area (Å²) >= 11 is 0. The lowest BCUT2D eigenvalue weighted by Crippen LogP contribution is -2.45. The van der Waals surface area contributed by atoms with E-state index in [0.717, 1.165) is 39.0 Å². The van der Waals surface area contributed by atoms with E-state index in [1.165, 1.54) is 44.3 Å². The summed E-state index contributed by atoms with van der Waals surface area (Å²) in [5.74, 6) is 0.577. The Morgan fingerprint density at radius 3 is 2.62 bits per heavy atom. The molecule has 1 atom stereocenters. The van der Waals surface area contributed by atoms with E-state index in [9.17, 15) is 4.79 Å². The average molecular weight is 357 g/mol. The minimum Gasteiger partial charge on any atom is -0.381 e. The molecular weight excluding hydrogens is 324 g/mol. The van der Waals surface area contributed by atoms with E-state index in [1.54, 1.807) is 0 Å². The van der Waals surface area contributed by atoms with Crippen LogP contribution in [0.15, 0.2) is 30.3 Å². The molecule has 2 aliphatic heterocycles. The second-order valence-electron chi connectivity index (χ2n) is 8.38. The molecular formula is C22H32N2O2. The minimum absolute atomic E-state index is 0.274. The highest BCUT2D eigenvalue weighted by atomic mass is 16.5. The molecule has 3 fully saturated rings. The van der Waals surface area contributed by atoms with Crippen LogP contribution >= 0.6 is 0 Å². The van der Waals surface area contributed by atoms with Crippen molar-refractivity contribution in [2.24, 2.45) is 11.3 Å². The summed E-state index contributed by atoms with van der Waals surface area (Å²) in [6, 6.07) is 11.2. The van der Waals surface area contributed by atoms with Crippen molar-refractivity contribution in [2.45, 2.75) is 51.0 Å². The third-order valence-electron chi connectivity index (χ3n) is 6.79. The summed E-state index contributed by atoms with van der Waals surface area (Å²) in [6.45, 7) is 4.97. The van der Waals surface area contributed by atoms with Crippen molar-refractivity contribution in [3.63, 3.8) is 0 Å². The van der Waals surface area contributed by atoms with Crippen molar-refractivity contribution >= 4 is 5.91 Å². The second-order valence-corrected chi connectivity index (χ2v) is 8.38. The summed E-state index contributed by atoms with van der Waals surface area (Å²) < 4.78 is 5.49. The summed E-state index contributed by atoms with van der Waals surface area (Å²) in [7, 11) is 0. The van der Waals surface area contributed by atoms with Gasteiger partial charge in [-0.05, 0) is 69.0 Å². The van der Waals surface area contributed by atoms with E-state index in [1.807, 2.05) is 6.07 Å². The first-order valence-corrected chi connectivity index (χ1v) is 10.4. The van der Waals surface area contributed by atoms with Gasteiger partial charge in [0.25, 0.3) is 0 Å². The fraction of sp³-hybridized carbons (Fsp3) is 0.682. The lowest BCUT2D eigenvalue weighted by Gasteiger charge is -2.39. The van der Waals surface area contributed by atoms with E-state index in [0.29, 0.717) is 17.4 Å². The highest BCUT2D eigenvalue weighted by Crippen LogP contribution is 2.59. The first-order valence-electron chi connectivity index (χ1n) is 10.4. The molecule has 4 nitrogen and oxygen atoms in total. The molecule has 1 saturated carbocycles. The summed E-state index contributed by atoms with van der Waals surface area (Å²) in [4.78, 5) is 15.2. The normalized spacial score (nSPS) is 25.9. The van der Waals surface area contributed by atoms with Crippen molar-refractivity contribution in [3.8, 4) is 0 Å². The van der Waals surface area contributed by atoms with E-state index >= 15 is 0 Å². The molecule has 26 heavy (non-hydrogen) atoms. The number of carbonyl (C=O) groups excluding carboxylic acids is 1. The Labute approximate surface area is 157 Å². The highest BCUT2D eigenvalue weighted by molar-refractivity contribution is 5.82. The van der Waals surface area contributed by atoms with Gasteiger partial charge in [0, 0.05) is 31.7 Å². The van der Waals surface area contributed by atoms with Gasteiger partial charge in [0.05, 0.1) is 0 Å². The molecule has 4 heteroatoms. The van der Waals surface area contributed by atoms with Crippen LogP contribution in [-0.4, -0.2) is 49.7 Å². The van der Waals surface area contributed by atoms with E-state index in [-0.39, 0.29) is 5.92 Å². The maximum absolute atomic E-state index is 12.5. The molecule has 1 aromatic rings. The van der Waals surface area contributed by atoms with Crippen LogP contribution in [0.1, 0.15) is 44.1 Å². The van der Waals surface area contributed by atoms with Gasteiger partial charge in [-0.1, -0.05) is 30.3 Å². The van der Waals surface area contributed by atoms with Crippen molar-refractivity contribution in [2.75, 3.05) is 32.8 Å². The van der Waals surface area contributed by atoms with Crippen molar-refractivity contribution < 1.29 is 9.53 Å². The Morgan fingerprint density at radius 2 is 1.88 bits per heavy atom. The third kappa shape index (κ3) is 4.12. The molecule has 1 amide bonds. The molecule has 1 spiro atoms. The number of benzene rings is 1. The molecule has 2 heterocycles. The zero-order chi connectivity index (χ0) is 17.8. The number of nitrogens with zero attached hydrogens (tertiary/aromatic N) is 1. The number of hydrogen-bond donors (Lipinski definition) is 1. The van der Waals surface area contributed by atoms with Gasteiger partial charge in [0.2, 0.25) is 5.91 Å². The van der Waals surface area contributed by atoms with Gasteiger partial charge < -0.3 is 15.0 Å². The van der Waals surface area contributed by atoms with Gasteiger partial charge >= 0.3 is 0 Å². The smallest absolute Gasteiger partial charge is 0.223 e. The molecule has 0 bridgehead atoms. The molecule has 4 rings (SSSR count). The standard InChI is InChI=1S/C22H32N2O2/c25-21(23-12-4-7-18-5-2-1-3-6-18)20-17-22(20)10-13-24(14-11-22)19-8-15-26-16-9-19/h1-3,5-6,19-20H,4,7-17H2,(H,23,25). The van der Waals surface area contributed by atoms with Crippen LogP contribution in [0.3, 0.4) is 0 Å². The molecule has 1 aliphatic carbocycles. The number of carbonyl (C=O) groups is 1. The predicted molar refractivity (Wildman–Crippen MR) is 103 cm³/mol. The predicted octanol–water partition coefficient (Wildman–Crippen LogP) is 3.02. The summed E-state index contributed by atoms with van der Waals surface area (Å²) in [6.07, 6.45) is 7.93. The van der Waals surface area contributed by atoms with Crippen LogP contribution in [0.5, 0.6) is 0 Å². The van der Waals surface area contributed by atoms with Crippen LogP contribution in [-0.2, 0) is 16.0 Å². The van der Waals surface area contributed by atoms with Crippen molar-refractivity contribution in [1.82, 2.24) is 10.2 Å². The van der Waals surface area contributed by atoms with Gasteiger partial charge in [-0.25, -0.2) is 0 Å². The average Bonchev–Trinajstić information content (AvgIpc) is 3.40. The Hall–Kier alpha value is -1.39. The van der Waals surface area contributed by atoms with Gasteiger partial charge in [-0.15, -0.1) is 0 Å². The lowest BCUT2D eigenvalue weighted by atomic mass is 9.89. The van der Waals surface area contributed by atoms with Crippen LogP contribution in [0.4, 0.5) is 0 Å². The Morgan fingerprint density at radius 1 is 1.15 bits per heavy atom. The van der Waals surface area contributed by atoms with Crippen LogP contribution in [0, 0.1) is 11.3 Å². The molecule has 2 saturated heterocycles. The molecule has 1 aromatic carbocycles. The van der Waals surface area contributed by atoms with Gasteiger partial charge in [-0.2, -0.15) is 0 Å². The topological polar surface area (TPSA) is 41.6 Å². The molecule has 142 valence electrons. The van der Waals surface area contributed by atoms with Crippen LogP contribution < -0.4 is 5.32 Å². The zero-order valence-electron chi connectivity index (χ0n) is 15.8. The quantitative estimate of drug-likeness (QED) is 0.797. The number of ether oxygens (including phenoxy) is 1. The minimum atomic E-state index is 0.274. The number of piperidine rings is 1. The fourth-order valence-corrected chi connectivity index (χ4v) is 4.93. The first kappa shape index (κ1) is 18.0. The Balaban J connectivity index is 1.16. The number of amides is 1. The van der Waals surface area contributed by atoms with Gasteiger partial charge in [0.15, 0.2) is 0 Å². The van der Waals surface area contributed by atoms with E-state index < -0.39 is 0 Å². The fourth-order valence-electron chi connectivity index (χ4n) is 4.93. The van der Waals surface area contributed by atoms with E-state index in [2.05, 4.69) is 34.5 Å². The molecule has 0 aromatic heterocycles. The number of hydrogen-bond acceptors (Lipinski definition) is 3. The van der Waals surface area contributed by atoms with Crippen LogP contribution in [0.2, 0.25) is 0 Å². The summed E-state index contributed by atoms with van der Waals surface area (Å²) in [5, 5.41) is 3.19. The lowest BCUT2D eigenvalue weighted by molar-refractivity contribution is -0.123. The van der Waals surface area contributed by atoms with Crippen LogP contribution in [0.25, 0.3) is 0 Å². The maximum atomic E-state index is 12.5. The molecule has 0 radical (unpaired) electrons. The largest absolute Gasteiger partial charge is 0.381 e. The van der Waals surface area contributed by atoms with Crippen molar-refractivity contribution in [3.05, 3.63) is 35.9 Å². The number of likely N-dealkylation sites (tertiary alicyclic amines) is 1. The first-order chi connectivity index (χ1) is 12.8. The Kier molecular flexibility index (Phi) is 5.60. The van der Waals surface area contributed by atoms with Gasteiger partial charge in [-0.3, -0.25) is 4.79 Å². The SMILES string of the molecule is O=C(NCCCc1ccccc1)C1CC12CCN(C1CCOCC1)CC2. The number of nitrogens with one attached hydrogen (secondary N) is 1. The third-order valence-corrected chi connectivity index (χ3v) is 6.79. The monoisotopic (exact) mass is 356 g/mol. The molecule has 1 N–H and O–H groups in total. The maximum Gasteiger partial charge on any atom is 0.223 e. The number of aryl methyl sites for hydroxylation is 1. The van der Waals surface area contributed by atoms with Crippen molar-refractivity contribution in [1.29, 1.82) is 0 Å². The summed E-state index contributed by atoms with van der Waals surface area (Å²) in [5.41, 5.74) is 1.68. The zero-order valence-corrected chi connectivity index (χ0v) is 15.8. The highest BCUT2D eigenvalue weighted by Gasteiger charge is 2.58. The van der Waals surface area contributed by atoms with E-state index in [4.69, 9.17) is 4.74 Å². The van der Waals surface area contributed by atoms with Gasteiger partial charge in [0.1, 0.15) is 0 Å². The molecule has 3 aliphatic rings. The molecule has 1 unspecified atom stereocenters.